The van der Waals surface area contributed by atoms with Gasteiger partial charge in [0.15, 0.2) is 4.32 Å². The Labute approximate surface area is 195 Å². The minimum absolute atomic E-state index is 0.141. The third kappa shape index (κ3) is 5.10. The largest absolute Gasteiger partial charge is 0.489 e. The molecule has 4 rings (SSSR count). The lowest BCUT2D eigenvalue weighted by atomic mass is 10.2. The average molecular weight is 468 g/mol. The fourth-order valence-corrected chi connectivity index (χ4v) is 4.49. The van der Waals surface area contributed by atoms with Crippen molar-refractivity contribution in [3.63, 3.8) is 0 Å². The first kappa shape index (κ1) is 21.4. The number of thiocarbonyl (C=S) groups is 1. The summed E-state index contributed by atoms with van der Waals surface area (Å²) in [7, 11) is 0. The second-order valence-corrected chi connectivity index (χ2v) is 8.60. The van der Waals surface area contributed by atoms with E-state index < -0.39 is 0 Å². The van der Waals surface area contributed by atoms with Crippen molar-refractivity contribution in [3.8, 4) is 11.5 Å². The summed E-state index contributed by atoms with van der Waals surface area (Å²) in [4.78, 5) is 15.1. The number of para-hydroxylation sites is 3. The quantitative estimate of drug-likeness (QED) is 0.235. The molecule has 156 valence electrons. The van der Waals surface area contributed by atoms with E-state index >= 15 is 0 Å². The molecule has 1 amide bonds. The Balaban J connectivity index is 1.45. The van der Waals surface area contributed by atoms with Crippen LogP contribution < -0.4 is 14.4 Å². The Bertz CT molecular complexity index is 1130. The van der Waals surface area contributed by atoms with Gasteiger partial charge in [-0.25, -0.2) is 0 Å². The van der Waals surface area contributed by atoms with Gasteiger partial charge in [0, 0.05) is 5.56 Å². The van der Waals surface area contributed by atoms with Crippen molar-refractivity contribution >= 4 is 57.6 Å². The van der Waals surface area contributed by atoms with Crippen molar-refractivity contribution in [2.45, 2.75) is 0 Å². The summed E-state index contributed by atoms with van der Waals surface area (Å²) in [5, 5.41) is 0.559. The molecule has 0 bridgehead atoms. The highest BCUT2D eigenvalue weighted by atomic mass is 35.5. The molecule has 1 aliphatic heterocycles. The van der Waals surface area contributed by atoms with Gasteiger partial charge in [-0.15, -0.1) is 0 Å². The monoisotopic (exact) mass is 467 g/mol. The van der Waals surface area contributed by atoms with Crippen LogP contribution in [-0.2, 0) is 4.79 Å². The smallest absolute Gasteiger partial charge is 0.270 e. The predicted molar refractivity (Wildman–Crippen MR) is 131 cm³/mol. The van der Waals surface area contributed by atoms with Gasteiger partial charge < -0.3 is 9.47 Å². The molecule has 0 atom stereocenters. The molecule has 0 aliphatic carbocycles. The van der Waals surface area contributed by atoms with Gasteiger partial charge in [0.05, 0.1) is 15.6 Å². The molecule has 0 saturated carbocycles. The Morgan fingerprint density at radius 1 is 0.871 bits per heavy atom. The van der Waals surface area contributed by atoms with Crippen LogP contribution in [0.2, 0.25) is 5.02 Å². The number of nitrogens with zero attached hydrogens (tertiary/aromatic N) is 1. The number of halogens is 1. The molecule has 0 spiro atoms. The number of ether oxygens (including phenoxy) is 2. The van der Waals surface area contributed by atoms with Crippen LogP contribution in [0.4, 0.5) is 5.69 Å². The van der Waals surface area contributed by atoms with Gasteiger partial charge in [-0.1, -0.05) is 84.1 Å². The van der Waals surface area contributed by atoms with Gasteiger partial charge >= 0.3 is 0 Å². The van der Waals surface area contributed by atoms with E-state index in [2.05, 4.69) is 0 Å². The standard InChI is InChI=1S/C24H18ClNO3S2/c25-19-11-5-7-13-21(19)29-15-14-28-20-12-6-4-8-17(20)16-22-23(27)26(24(30)31-22)18-9-2-1-3-10-18/h1-13,16H,14-15H2/b22-16-. The van der Waals surface area contributed by atoms with Crippen molar-refractivity contribution in [2.75, 3.05) is 18.1 Å². The first-order valence-electron chi connectivity index (χ1n) is 9.55. The lowest BCUT2D eigenvalue weighted by molar-refractivity contribution is -0.113. The molecule has 0 N–H and O–H groups in total. The molecule has 31 heavy (non-hydrogen) atoms. The molecule has 1 heterocycles. The van der Waals surface area contributed by atoms with Gasteiger partial charge in [-0.2, -0.15) is 0 Å². The molecule has 0 aromatic heterocycles. The maximum atomic E-state index is 13.0. The van der Waals surface area contributed by atoms with Crippen LogP contribution in [0.25, 0.3) is 6.08 Å². The molecule has 1 fully saturated rings. The zero-order valence-electron chi connectivity index (χ0n) is 16.4. The molecule has 1 aliphatic rings. The highest BCUT2D eigenvalue weighted by molar-refractivity contribution is 8.27. The van der Waals surface area contributed by atoms with Crippen molar-refractivity contribution < 1.29 is 14.3 Å². The number of anilines is 1. The van der Waals surface area contributed by atoms with Gasteiger partial charge in [-0.3, -0.25) is 9.69 Å². The minimum Gasteiger partial charge on any atom is -0.489 e. The van der Waals surface area contributed by atoms with Crippen molar-refractivity contribution in [1.82, 2.24) is 0 Å². The number of hydrogen-bond acceptors (Lipinski definition) is 5. The lowest BCUT2D eigenvalue weighted by Gasteiger charge is -2.14. The third-order valence-corrected chi connectivity index (χ3v) is 6.06. The van der Waals surface area contributed by atoms with E-state index in [4.69, 9.17) is 33.3 Å². The molecule has 3 aromatic rings. The summed E-state index contributed by atoms with van der Waals surface area (Å²) < 4.78 is 12.1. The molecule has 7 heteroatoms. The molecular weight excluding hydrogens is 450 g/mol. The molecule has 3 aromatic carbocycles. The van der Waals surface area contributed by atoms with Crippen LogP contribution in [0.1, 0.15) is 5.56 Å². The van der Waals surface area contributed by atoms with Gasteiger partial charge in [0.2, 0.25) is 0 Å². The normalized spacial score (nSPS) is 14.9. The topological polar surface area (TPSA) is 38.8 Å². The first-order valence-corrected chi connectivity index (χ1v) is 11.2. The molecule has 0 unspecified atom stereocenters. The number of benzene rings is 3. The van der Waals surface area contributed by atoms with E-state index in [1.807, 2.05) is 78.9 Å². The van der Waals surface area contributed by atoms with Crippen LogP contribution in [-0.4, -0.2) is 23.4 Å². The molecule has 0 radical (unpaired) electrons. The molecular formula is C24H18ClNO3S2. The fourth-order valence-electron chi connectivity index (χ4n) is 3.00. The van der Waals surface area contributed by atoms with Gasteiger partial charge in [0.1, 0.15) is 24.7 Å². The number of carbonyl (C=O) groups is 1. The SMILES string of the molecule is O=C1/C(=C/c2ccccc2OCCOc2ccccc2Cl)SC(=S)N1c1ccccc1. The molecule has 1 saturated heterocycles. The third-order valence-electron chi connectivity index (χ3n) is 4.45. The number of thioether (sulfide) groups is 1. The number of carbonyl (C=O) groups excluding carboxylic acids is 1. The van der Waals surface area contributed by atoms with E-state index in [-0.39, 0.29) is 5.91 Å². The summed E-state index contributed by atoms with van der Waals surface area (Å²) in [5.74, 6) is 1.14. The number of amides is 1. The summed E-state index contributed by atoms with van der Waals surface area (Å²) in [6.45, 7) is 0.676. The number of rotatable bonds is 7. The van der Waals surface area contributed by atoms with E-state index in [1.165, 1.54) is 11.8 Å². The maximum Gasteiger partial charge on any atom is 0.270 e. The zero-order valence-corrected chi connectivity index (χ0v) is 18.8. The minimum atomic E-state index is -0.141. The summed E-state index contributed by atoms with van der Waals surface area (Å²) in [5.41, 5.74) is 1.56. The zero-order chi connectivity index (χ0) is 21.6. The van der Waals surface area contributed by atoms with Crippen LogP contribution in [0.15, 0.2) is 83.8 Å². The Kier molecular flexibility index (Phi) is 6.92. The van der Waals surface area contributed by atoms with Crippen molar-refractivity contribution in [3.05, 3.63) is 94.4 Å². The molecule has 4 nitrogen and oxygen atoms in total. The van der Waals surface area contributed by atoms with Crippen molar-refractivity contribution in [2.24, 2.45) is 0 Å². The second kappa shape index (κ2) is 10.0. The summed E-state index contributed by atoms with van der Waals surface area (Å²) in [6, 6.07) is 24.2. The predicted octanol–water partition coefficient (Wildman–Crippen LogP) is 6.20. The van der Waals surface area contributed by atoms with Crippen LogP contribution in [0.3, 0.4) is 0 Å². The summed E-state index contributed by atoms with van der Waals surface area (Å²) >= 11 is 12.8. The highest BCUT2D eigenvalue weighted by Gasteiger charge is 2.33. The highest BCUT2D eigenvalue weighted by Crippen LogP contribution is 2.37. The van der Waals surface area contributed by atoms with Gasteiger partial charge in [-0.05, 0) is 36.4 Å². The van der Waals surface area contributed by atoms with E-state index in [0.29, 0.717) is 39.0 Å². The van der Waals surface area contributed by atoms with Gasteiger partial charge in [0.25, 0.3) is 5.91 Å². The lowest BCUT2D eigenvalue weighted by Crippen LogP contribution is -2.27. The van der Waals surface area contributed by atoms with E-state index in [1.54, 1.807) is 11.0 Å². The van der Waals surface area contributed by atoms with E-state index in [0.717, 1.165) is 11.3 Å². The van der Waals surface area contributed by atoms with Crippen LogP contribution >= 0.6 is 35.6 Å². The van der Waals surface area contributed by atoms with Crippen molar-refractivity contribution in [1.29, 1.82) is 0 Å². The van der Waals surface area contributed by atoms with E-state index in [9.17, 15) is 4.79 Å². The Morgan fingerprint density at radius 2 is 1.48 bits per heavy atom. The summed E-state index contributed by atoms with van der Waals surface area (Å²) in [6.07, 6.45) is 1.81. The number of hydrogen-bond donors (Lipinski definition) is 0. The Hall–Kier alpha value is -2.80. The average Bonchev–Trinajstić information content (AvgIpc) is 3.07. The van der Waals surface area contributed by atoms with Crippen LogP contribution in [0.5, 0.6) is 11.5 Å². The maximum absolute atomic E-state index is 13.0. The van der Waals surface area contributed by atoms with Crippen LogP contribution in [0, 0.1) is 0 Å². The fraction of sp³-hybridized carbons (Fsp3) is 0.0833. The Morgan fingerprint density at radius 3 is 2.23 bits per heavy atom. The second-order valence-electron chi connectivity index (χ2n) is 6.52. The first-order chi connectivity index (χ1) is 15.1.